The normalized spacial score (nSPS) is 17.7. The van der Waals surface area contributed by atoms with Crippen molar-refractivity contribution in [3.8, 4) is 11.5 Å². The maximum Gasteiger partial charge on any atom is 0.302 e. The van der Waals surface area contributed by atoms with E-state index in [2.05, 4.69) is 28.2 Å². The van der Waals surface area contributed by atoms with Crippen LogP contribution in [0, 0.1) is 0 Å². The lowest BCUT2D eigenvalue weighted by molar-refractivity contribution is 0.234. The Balaban J connectivity index is 1.70. The van der Waals surface area contributed by atoms with E-state index >= 15 is 0 Å². The van der Waals surface area contributed by atoms with E-state index in [9.17, 15) is 4.79 Å². The second kappa shape index (κ2) is 9.09. The molecule has 2 heterocycles. The van der Waals surface area contributed by atoms with Gasteiger partial charge in [-0.25, -0.2) is 5.01 Å². The Bertz CT molecular complexity index is 1140. The first-order valence-corrected chi connectivity index (χ1v) is 11.8. The van der Waals surface area contributed by atoms with Crippen molar-refractivity contribution in [3.63, 3.8) is 0 Å². The molecule has 0 spiro atoms. The molecule has 2 aliphatic heterocycles. The molecule has 0 saturated heterocycles. The first kappa shape index (κ1) is 23.2. The maximum atomic E-state index is 12.1. The van der Waals surface area contributed by atoms with Gasteiger partial charge in [0.15, 0.2) is 11.5 Å². The number of rotatable bonds is 5. The number of hydrazone groups is 1. The molecule has 0 aromatic heterocycles. The first-order chi connectivity index (χ1) is 15.8. The number of thioether (sulfide) groups is 1. The number of carbonyl (C=O) groups is 1. The minimum Gasteiger partial charge on any atom is -0.493 e. The van der Waals surface area contributed by atoms with Gasteiger partial charge in [-0.1, -0.05) is 17.8 Å². The molecule has 174 valence electrons. The molecule has 0 radical (unpaired) electrons. The van der Waals surface area contributed by atoms with E-state index in [1.165, 1.54) is 22.3 Å². The Morgan fingerprint density at radius 3 is 2.61 bits per heavy atom. The number of fused-ring (bicyclic) bond motifs is 1. The van der Waals surface area contributed by atoms with Gasteiger partial charge >= 0.3 is 5.24 Å². The van der Waals surface area contributed by atoms with Crippen LogP contribution < -0.4 is 14.4 Å². The Hall–Kier alpha value is -3.00. The molecule has 0 aliphatic carbocycles. The molecule has 2 aromatic carbocycles. The van der Waals surface area contributed by atoms with E-state index in [4.69, 9.17) is 14.5 Å². The average molecular weight is 467 g/mol. The monoisotopic (exact) mass is 466 g/mol. The lowest BCUT2D eigenvalue weighted by Gasteiger charge is -2.32. The van der Waals surface area contributed by atoms with Crippen LogP contribution in [0.3, 0.4) is 0 Å². The van der Waals surface area contributed by atoms with Crippen molar-refractivity contribution in [3.05, 3.63) is 53.1 Å². The second-order valence-corrected chi connectivity index (χ2v) is 10.0. The van der Waals surface area contributed by atoms with Crippen molar-refractivity contribution in [2.24, 2.45) is 10.1 Å². The molecule has 2 aliphatic rings. The number of aliphatic imine (C=N–C) groups is 1. The van der Waals surface area contributed by atoms with Gasteiger partial charge in [0.1, 0.15) is 5.84 Å². The van der Waals surface area contributed by atoms with Gasteiger partial charge < -0.3 is 14.4 Å². The van der Waals surface area contributed by atoms with Gasteiger partial charge in [0.25, 0.3) is 0 Å². The summed E-state index contributed by atoms with van der Waals surface area (Å²) < 4.78 is 10.5. The summed E-state index contributed by atoms with van der Waals surface area (Å²) in [6, 6.07) is 12.4. The SMILES string of the molecule is CC/N=C(/c1ccc(OC)c(OC)c1)N1CCc2cc(C3=NN(C)C(=O)SC3(C)C)ccc21. The zero-order valence-corrected chi connectivity index (χ0v) is 20.8. The highest BCUT2D eigenvalue weighted by Gasteiger charge is 2.37. The predicted octanol–water partition coefficient (Wildman–Crippen LogP) is 4.81. The number of nitrogens with zero attached hydrogens (tertiary/aromatic N) is 4. The van der Waals surface area contributed by atoms with Crippen molar-refractivity contribution < 1.29 is 14.3 Å². The van der Waals surface area contributed by atoms with Crippen LogP contribution >= 0.6 is 11.8 Å². The number of amides is 1. The molecule has 8 heteroatoms. The average Bonchev–Trinajstić information content (AvgIpc) is 3.22. The highest BCUT2D eigenvalue weighted by Crippen LogP contribution is 2.38. The van der Waals surface area contributed by atoms with E-state index in [0.29, 0.717) is 18.0 Å². The van der Waals surface area contributed by atoms with Gasteiger partial charge in [0.2, 0.25) is 0 Å². The molecule has 0 bridgehead atoms. The molecule has 0 atom stereocenters. The third-order valence-corrected chi connectivity index (χ3v) is 7.02. The molecule has 1 amide bonds. The summed E-state index contributed by atoms with van der Waals surface area (Å²) in [7, 11) is 4.98. The van der Waals surface area contributed by atoms with Crippen LogP contribution in [-0.4, -0.2) is 60.9 Å². The summed E-state index contributed by atoms with van der Waals surface area (Å²) in [6.07, 6.45) is 0.912. The predicted molar refractivity (Wildman–Crippen MR) is 135 cm³/mol. The van der Waals surface area contributed by atoms with Crippen LogP contribution in [-0.2, 0) is 6.42 Å². The van der Waals surface area contributed by atoms with E-state index < -0.39 is 0 Å². The fraction of sp³-hybridized carbons (Fsp3) is 0.400. The number of carbonyl (C=O) groups excluding carboxylic acids is 1. The second-order valence-electron chi connectivity index (χ2n) is 8.46. The fourth-order valence-corrected chi connectivity index (χ4v) is 5.14. The molecular formula is C25H30N4O3S. The maximum absolute atomic E-state index is 12.1. The highest BCUT2D eigenvalue weighted by molar-refractivity contribution is 8.15. The standard InChI is InChI=1S/C25H30N4O3S/c1-7-26-23(18-9-11-20(31-5)21(15-18)32-6)29-13-12-16-14-17(8-10-19(16)29)22-25(2,3)33-24(30)28(4)27-22/h8-11,14-15H,7,12-13H2,1-6H3/b26-23-. The molecule has 33 heavy (non-hydrogen) atoms. The summed E-state index contributed by atoms with van der Waals surface area (Å²) >= 11 is 1.31. The molecule has 0 N–H and O–H groups in total. The number of benzene rings is 2. The van der Waals surface area contributed by atoms with Crippen molar-refractivity contribution in [1.82, 2.24) is 5.01 Å². The number of methoxy groups -OCH3 is 2. The first-order valence-electron chi connectivity index (χ1n) is 11.0. The Morgan fingerprint density at radius 2 is 1.91 bits per heavy atom. The van der Waals surface area contributed by atoms with E-state index in [0.717, 1.165) is 41.3 Å². The van der Waals surface area contributed by atoms with E-state index in [1.54, 1.807) is 21.3 Å². The molecule has 0 saturated carbocycles. The van der Waals surface area contributed by atoms with Crippen molar-refractivity contribution in [2.45, 2.75) is 31.9 Å². The number of anilines is 1. The summed E-state index contributed by atoms with van der Waals surface area (Å²) in [4.78, 5) is 19.2. The van der Waals surface area contributed by atoms with Crippen LogP contribution in [0.1, 0.15) is 37.5 Å². The molecule has 0 fully saturated rings. The Kier molecular flexibility index (Phi) is 6.38. The minimum atomic E-state index is -0.384. The fourth-order valence-electron chi connectivity index (χ4n) is 4.28. The highest BCUT2D eigenvalue weighted by atomic mass is 32.2. The summed E-state index contributed by atoms with van der Waals surface area (Å²) in [5.74, 6) is 2.30. The summed E-state index contributed by atoms with van der Waals surface area (Å²) in [6.45, 7) is 7.65. The number of ether oxygens (including phenoxy) is 2. The van der Waals surface area contributed by atoms with Gasteiger partial charge in [-0.3, -0.25) is 9.79 Å². The van der Waals surface area contributed by atoms with Gasteiger partial charge in [-0.2, -0.15) is 5.10 Å². The zero-order valence-electron chi connectivity index (χ0n) is 20.0. The molecule has 0 unspecified atom stereocenters. The van der Waals surface area contributed by atoms with Gasteiger partial charge in [0.05, 0.1) is 24.7 Å². The molecule has 4 rings (SSSR count). The topological polar surface area (TPSA) is 66.7 Å². The Labute approximate surface area is 199 Å². The van der Waals surface area contributed by atoms with Gasteiger partial charge in [-0.05, 0) is 68.7 Å². The molecular weight excluding hydrogens is 436 g/mol. The Morgan fingerprint density at radius 1 is 1.15 bits per heavy atom. The van der Waals surface area contributed by atoms with Crippen LogP contribution in [0.4, 0.5) is 10.5 Å². The van der Waals surface area contributed by atoms with E-state index in [-0.39, 0.29) is 9.99 Å². The lowest BCUT2D eigenvalue weighted by Crippen LogP contribution is -2.39. The molecule has 7 nitrogen and oxygen atoms in total. The van der Waals surface area contributed by atoms with Crippen LogP contribution in [0.2, 0.25) is 0 Å². The summed E-state index contributed by atoms with van der Waals surface area (Å²) in [5.41, 5.74) is 5.35. The van der Waals surface area contributed by atoms with E-state index in [1.807, 2.05) is 39.0 Å². The van der Waals surface area contributed by atoms with Gasteiger partial charge in [0, 0.05) is 31.4 Å². The van der Waals surface area contributed by atoms with Crippen LogP contribution in [0.5, 0.6) is 11.5 Å². The van der Waals surface area contributed by atoms with Gasteiger partial charge in [-0.15, -0.1) is 0 Å². The third-order valence-electron chi connectivity index (χ3n) is 5.88. The summed E-state index contributed by atoms with van der Waals surface area (Å²) in [5, 5.41) is 5.98. The largest absolute Gasteiger partial charge is 0.493 e. The minimum absolute atomic E-state index is 0.0357. The number of hydrogen-bond acceptors (Lipinski definition) is 6. The number of hydrogen-bond donors (Lipinski definition) is 0. The quantitative estimate of drug-likeness (QED) is 0.467. The van der Waals surface area contributed by atoms with Crippen molar-refractivity contribution in [1.29, 1.82) is 0 Å². The lowest BCUT2D eigenvalue weighted by atomic mass is 9.96. The van der Waals surface area contributed by atoms with Crippen molar-refractivity contribution in [2.75, 3.05) is 39.3 Å². The third kappa shape index (κ3) is 4.31. The smallest absolute Gasteiger partial charge is 0.302 e. The van der Waals surface area contributed by atoms with Crippen molar-refractivity contribution >= 4 is 34.2 Å². The van der Waals surface area contributed by atoms with Crippen LogP contribution in [0.15, 0.2) is 46.5 Å². The zero-order chi connectivity index (χ0) is 23.8. The number of amidine groups is 1. The van der Waals surface area contributed by atoms with Crippen LogP contribution in [0.25, 0.3) is 0 Å². The molecule has 2 aromatic rings.